The van der Waals surface area contributed by atoms with Gasteiger partial charge in [-0.2, -0.15) is 0 Å². The van der Waals surface area contributed by atoms with Crippen molar-refractivity contribution in [1.29, 1.82) is 0 Å². The maximum Gasteiger partial charge on any atom is 0.131 e. The number of aliphatic hydroxyl groups excluding tert-OH is 1. The first-order chi connectivity index (χ1) is 19.1. The molecule has 4 heteroatoms. The van der Waals surface area contributed by atoms with Crippen molar-refractivity contribution in [2.24, 2.45) is 11.8 Å². The van der Waals surface area contributed by atoms with Crippen molar-refractivity contribution in [1.82, 2.24) is 4.98 Å². The van der Waals surface area contributed by atoms with Gasteiger partial charge in [0.05, 0.1) is 25.7 Å². The average Bonchev–Trinajstić information content (AvgIpc) is 3.00. The van der Waals surface area contributed by atoms with E-state index in [2.05, 4.69) is 66.5 Å². The van der Waals surface area contributed by atoms with Gasteiger partial charge in [-0.05, 0) is 69.8 Å². The Hall–Kier alpha value is -3.47. The number of aliphatic hydroxyl groups is 1. The first-order valence-electron chi connectivity index (χ1n) is 14.5. The minimum Gasteiger partial charge on any atom is -0.497 e. The number of methoxy groups -OCH3 is 1. The third-order valence-corrected chi connectivity index (χ3v) is 10.0. The number of hydrogen-bond acceptors (Lipinski definition) is 3. The van der Waals surface area contributed by atoms with Crippen molar-refractivity contribution in [3.05, 3.63) is 96.2 Å². The predicted molar refractivity (Wildman–Crippen MR) is 159 cm³/mol. The number of piperidine rings is 3. The molecule has 1 aromatic heterocycles. The van der Waals surface area contributed by atoms with Crippen LogP contribution in [0, 0.1) is 11.8 Å². The van der Waals surface area contributed by atoms with Gasteiger partial charge in [-0.3, -0.25) is 4.98 Å². The molecule has 198 valence electrons. The summed E-state index contributed by atoms with van der Waals surface area (Å²) in [5.41, 5.74) is 3.31. The number of ether oxygens (including phenoxy) is 1. The van der Waals surface area contributed by atoms with Crippen molar-refractivity contribution in [3.63, 3.8) is 0 Å². The third-order valence-electron chi connectivity index (χ3n) is 10.0. The first kappa shape index (κ1) is 24.6. The Morgan fingerprint density at radius 2 is 1.69 bits per heavy atom. The van der Waals surface area contributed by atoms with E-state index in [-0.39, 0.29) is 6.04 Å². The van der Waals surface area contributed by atoms with E-state index in [4.69, 9.17) is 4.74 Å². The number of fused-ring (bicyclic) bond motifs is 6. The van der Waals surface area contributed by atoms with Crippen LogP contribution in [0.15, 0.2) is 85.1 Å². The van der Waals surface area contributed by atoms with Gasteiger partial charge < -0.3 is 14.3 Å². The van der Waals surface area contributed by atoms with Crippen molar-refractivity contribution in [3.8, 4) is 5.75 Å². The molecule has 0 aliphatic carbocycles. The zero-order chi connectivity index (χ0) is 26.6. The molecule has 0 radical (unpaired) electrons. The molecule has 0 amide bonds. The van der Waals surface area contributed by atoms with E-state index >= 15 is 0 Å². The number of nitrogens with zero attached hydrogens (tertiary/aromatic N) is 2. The molecule has 4 unspecified atom stereocenters. The smallest absolute Gasteiger partial charge is 0.131 e. The highest BCUT2D eigenvalue weighted by Crippen LogP contribution is 2.49. The summed E-state index contributed by atoms with van der Waals surface area (Å²) in [6, 6.07) is 28.2. The lowest BCUT2D eigenvalue weighted by Gasteiger charge is -2.58. The van der Waals surface area contributed by atoms with Crippen molar-refractivity contribution in [2.75, 3.05) is 20.2 Å². The molecule has 8 rings (SSSR count). The Morgan fingerprint density at radius 1 is 0.949 bits per heavy atom. The number of hydrogen-bond donors (Lipinski definition) is 1. The molecule has 39 heavy (non-hydrogen) atoms. The molecule has 1 N–H and O–H groups in total. The molecule has 4 nitrogen and oxygen atoms in total. The van der Waals surface area contributed by atoms with Gasteiger partial charge in [0.1, 0.15) is 24.4 Å². The van der Waals surface area contributed by atoms with Crippen LogP contribution in [0.3, 0.4) is 0 Å². The average molecular weight is 518 g/mol. The van der Waals surface area contributed by atoms with Crippen LogP contribution in [-0.2, 0) is 6.54 Å². The van der Waals surface area contributed by atoms with Gasteiger partial charge in [0.15, 0.2) is 0 Å². The van der Waals surface area contributed by atoms with Crippen LogP contribution in [-0.4, -0.2) is 40.8 Å². The summed E-state index contributed by atoms with van der Waals surface area (Å²) >= 11 is 0. The Kier molecular flexibility index (Phi) is 6.06. The second-order valence-corrected chi connectivity index (χ2v) is 11.8. The summed E-state index contributed by atoms with van der Waals surface area (Å²) in [7, 11) is 1.69. The van der Waals surface area contributed by atoms with Crippen LogP contribution >= 0.6 is 0 Å². The molecular formula is C35H37N2O2+. The van der Waals surface area contributed by atoms with E-state index < -0.39 is 6.10 Å². The number of aromatic nitrogens is 1. The second kappa shape index (κ2) is 9.62. The largest absolute Gasteiger partial charge is 0.497 e. The molecule has 3 fully saturated rings. The van der Waals surface area contributed by atoms with Crippen molar-refractivity contribution >= 4 is 32.4 Å². The minimum absolute atomic E-state index is 0.140. The van der Waals surface area contributed by atoms with Gasteiger partial charge in [-0.25, -0.2) is 0 Å². The second-order valence-electron chi connectivity index (χ2n) is 11.8. The van der Waals surface area contributed by atoms with Gasteiger partial charge in [0.2, 0.25) is 0 Å². The highest BCUT2D eigenvalue weighted by atomic mass is 16.5. The Morgan fingerprint density at radius 3 is 2.41 bits per heavy atom. The normalized spacial score (nSPS) is 25.4. The molecule has 2 bridgehead atoms. The Labute approximate surface area is 230 Å². The van der Waals surface area contributed by atoms with Crippen LogP contribution in [0.2, 0.25) is 0 Å². The summed E-state index contributed by atoms with van der Waals surface area (Å²) in [6.07, 6.45) is 4.80. The van der Waals surface area contributed by atoms with E-state index in [0.717, 1.165) is 52.8 Å². The zero-order valence-electron chi connectivity index (χ0n) is 22.9. The zero-order valence-corrected chi connectivity index (χ0v) is 22.9. The third kappa shape index (κ3) is 4.00. The van der Waals surface area contributed by atoms with Crippen molar-refractivity contribution < 1.29 is 14.3 Å². The van der Waals surface area contributed by atoms with Crippen molar-refractivity contribution in [2.45, 2.75) is 44.9 Å². The van der Waals surface area contributed by atoms with Crippen LogP contribution in [0.25, 0.3) is 32.4 Å². The SMILES string of the molecule is CCC1C[N+]2(Cc3c4ccccc4cc4ccccc34)CCC1CC2[C@@H](O)c1ccnc2ccc(OC)cc12. The minimum atomic E-state index is -0.565. The quantitative estimate of drug-likeness (QED) is 0.188. The van der Waals surface area contributed by atoms with E-state index in [1.807, 2.05) is 30.5 Å². The fourth-order valence-electron chi connectivity index (χ4n) is 8.00. The number of benzene rings is 4. The summed E-state index contributed by atoms with van der Waals surface area (Å²) in [6.45, 7) is 5.54. The van der Waals surface area contributed by atoms with Crippen LogP contribution < -0.4 is 4.74 Å². The van der Waals surface area contributed by atoms with E-state index in [1.165, 1.54) is 39.9 Å². The van der Waals surface area contributed by atoms with Gasteiger partial charge in [-0.15, -0.1) is 0 Å². The number of rotatable bonds is 6. The predicted octanol–water partition coefficient (Wildman–Crippen LogP) is 7.42. The monoisotopic (exact) mass is 517 g/mol. The van der Waals surface area contributed by atoms with E-state index in [1.54, 1.807) is 7.11 Å². The number of quaternary nitrogens is 1. The molecule has 5 aromatic rings. The van der Waals surface area contributed by atoms with Crippen LogP contribution in [0.5, 0.6) is 5.75 Å². The lowest BCUT2D eigenvalue weighted by molar-refractivity contribution is -0.985. The molecule has 3 aliphatic rings. The van der Waals surface area contributed by atoms with Gasteiger partial charge in [0, 0.05) is 35.9 Å². The fourth-order valence-corrected chi connectivity index (χ4v) is 8.00. The van der Waals surface area contributed by atoms with Crippen LogP contribution in [0.4, 0.5) is 0 Å². The molecule has 4 heterocycles. The highest BCUT2D eigenvalue weighted by Gasteiger charge is 2.54. The molecule has 0 saturated carbocycles. The fraction of sp³-hybridized carbons (Fsp3) is 0.343. The molecule has 5 atom stereocenters. The molecular weight excluding hydrogens is 480 g/mol. The Balaban J connectivity index is 1.38. The molecule has 0 spiro atoms. The highest BCUT2D eigenvalue weighted by molar-refractivity contribution is 6.02. The maximum atomic E-state index is 12.3. The lowest BCUT2D eigenvalue weighted by Crippen LogP contribution is -2.67. The molecule has 4 aromatic carbocycles. The summed E-state index contributed by atoms with van der Waals surface area (Å²) in [5.74, 6) is 2.19. The van der Waals surface area contributed by atoms with Gasteiger partial charge in [-0.1, -0.05) is 55.5 Å². The summed E-state index contributed by atoms with van der Waals surface area (Å²) in [4.78, 5) is 4.60. The molecule has 3 saturated heterocycles. The standard InChI is InChI=1S/C35H37N2O2/c1-3-23-21-37(22-32-28-10-6-4-8-25(28)18-26-9-5-7-11-29(26)32)17-15-24(23)19-34(37)35(38)30-14-16-36-33-13-12-27(39-2)20-31(30)33/h4-14,16,18,20,23-24,34-35,38H,3,15,17,19,21-22H2,1-2H3/q+1/t23?,24?,34?,35-,37?/m0/s1. The van der Waals surface area contributed by atoms with Gasteiger partial charge in [0.25, 0.3) is 0 Å². The maximum absolute atomic E-state index is 12.3. The van der Waals surface area contributed by atoms with Gasteiger partial charge >= 0.3 is 0 Å². The van der Waals surface area contributed by atoms with Crippen LogP contribution in [0.1, 0.15) is 43.4 Å². The van der Waals surface area contributed by atoms with E-state index in [0.29, 0.717) is 11.8 Å². The number of pyridine rings is 1. The summed E-state index contributed by atoms with van der Waals surface area (Å²) in [5, 5.41) is 18.6. The lowest BCUT2D eigenvalue weighted by atomic mass is 9.70. The summed E-state index contributed by atoms with van der Waals surface area (Å²) < 4.78 is 6.49. The topological polar surface area (TPSA) is 42.4 Å². The Bertz CT molecular complexity index is 1630. The van der Waals surface area contributed by atoms with E-state index in [9.17, 15) is 5.11 Å². The molecule has 3 aliphatic heterocycles. The first-order valence-corrected chi connectivity index (χ1v) is 14.5.